The first-order valence-corrected chi connectivity index (χ1v) is 6.49. The first-order valence-electron chi connectivity index (χ1n) is 5.70. The maximum Gasteiger partial charge on any atom is 0.148 e. The fourth-order valence-electron chi connectivity index (χ4n) is 1.98. The van der Waals surface area contributed by atoms with Crippen LogP contribution in [0, 0.1) is 0 Å². The smallest absolute Gasteiger partial charge is 0.148 e. The number of nitrogens with two attached hydrogens (primary N) is 1. The topological polar surface area (TPSA) is 52.3 Å². The van der Waals surface area contributed by atoms with Crippen LogP contribution in [0.1, 0.15) is 17.6 Å². The van der Waals surface area contributed by atoms with Gasteiger partial charge in [-0.3, -0.25) is 0 Å². The van der Waals surface area contributed by atoms with Crippen molar-refractivity contribution < 1.29 is 8.83 Å². The summed E-state index contributed by atoms with van der Waals surface area (Å²) >= 11 is 3.47. The van der Waals surface area contributed by atoms with Gasteiger partial charge in [-0.15, -0.1) is 0 Å². The first-order chi connectivity index (χ1) is 8.74. The Hall–Kier alpha value is -1.52. The minimum absolute atomic E-state index is 0.199. The van der Waals surface area contributed by atoms with Crippen molar-refractivity contribution in [3.8, 4) is 0 Å². The maximum absolute atomic E-state index is 6.13. The lowest BCUT2D eigenvalue weighted by atomic mass is 10.1. The quantitative estimate of drug-likeness (QED) is 0.795. The van der Waals surface area contributed by atoms with E-state index in [0.717, 1.165) is 27.0 Å². The summed E-state index contributed by atoms with van der Waals surface area (Å²) in [6, 6.07) is 11.5. The van der Waals surface area contributed by atoms with E-state index in [-0.39, 0.29) is 6.04 Å². The summed E-state index contributed by atoms with van der Waals surface area (Å²) in [7, 11) is 0. The van der Waals surface area contributed by atoms with Gasteiger partial charge in [0, 0.05) is 11.8 Å². The van der Waals surface area contributed by atoms with Crippen molar-refractivity contribution in [3.63, 3.8) is 0 Å². The third kappa shape index (κ3) is 2.09. The summed E-state index contributed by atoms with van der Waals surface area (Å²) in [6.07, 6.45) is 2.28. The summed E-state index contributed by atoms with van der Waals surface area (Å²) in [4.78, 5) is 0. The highest BCUT2D eigenvalue weighted by Gasteiger charge is 2.15. The highest BCUT2D eigenvalue weighted by atomic mass is 79.9. The summed E-state index contributed by atoms with van der Waals surface area (Å²) < 4.78 is 12.0. The molecule has 0 bridgehead atoms. The highest BCUT2D eigenvalue weighted by molar-refractivity contribution is 9.10. The van der Waals surface area contributed by atoms with Gasteiger partial charge in [0.15, 0.2) is 0 Å². The summed E-state index contributed by atoms with van der Waals surface area (Å²) in [5, 5.41) is 1.05. The molecule has 2 N–H and O–H groups in total. The predicted molar refractivity (Wildman–Crippen MR) is 73.3 cm³/mol. The Bertz CT molecular complexity index is 658. The molecule has 2 heterocycles. The standard InChI is InChI=1S/C14H12BrNO2/c15-11-5-1-3-9-7-13(18-14(9)11)12(16)8-10-4-2-6-17-10/h1-7,12H,8,16H2. The van der Waals surface area contributed by atoms with Gasteiger partial charge in [-0.25, -0.2) is 0 Å². The van der Waals surface area contributed by atoms with Gasteiger partial charge in [0.05, 0.1) is 16.8 Å². The van der Waals surface area contributed by atoms with E-state index >= 15 is 0 Å². The number of furan rings is 2. The largest absolute Gasteiger partial charge is 0.469 e. The van der Waals surface area contributed by atoms with Crippen molar-refractivity contribution in [3.05, 3.63) is 58.7 Å². The van der Waals surface area contributed by atoms with Gasteiger partial charge in [-0.2, -0.15) is 0 Å². The van der Waals surface area contributed by atoms with E-state index in [0.29, 0.717) is 6.42 Å². The minimum atomic E-state index is -0.199. The molecule has 1 unspecified atom stereocenters. The van der Waals surface area contributed by atoms with Crippen LogP contribution >= 0.6 is 15.9 Å². The molecule has 3 rings (SSSR count). The molecule has 0 aliphatic rings. The molecular formula is C14H12BrNO2. The van der Waals surface area contributed by atoms with Crippen LogP contribution in [0.5, 0.6) is 0 Å². The van der Waals surface area contributed by atoms with Gasteiger partial charge in [0.25, 0.3) is 0 Å². The summed E-state index contributed by atoms with van der Waals surface area (Å²) in [6.45, 7) is 0. The van der Waals surface area contributed by atoms with E-state index in [2.05, 4.69) is 15.9 Å². The van der Waals surface area contributed by atoms with Crippen LogP contribution in [0.2, 0.25) is 0 Å². The SMILES string of the molecule is NC(Cc1ccco1)c1cc2cccc(Br)c2o1. The zero-order valence-corrected chi connectivity index (χ0v) is 11.2. The third-order valence-electron chi connectivity index (χ3n) is 2.88. The molecular weight excluding hydrogens is 294 g/mol. The van der Waals surface area contributed by atoms with Crippen LogP contribution in [0.3, 0.4) is 0 Å². The molecule has 3 nitrogen and oxygen atoms in total. The first kappa shape index (κ1) is 11.6. The molecule has 0 saturated heterocycles. The molecule has 0 fully saturated rings. The fraction of sp³-hybridized carbons (Fsp3) is 0.143. The number of hydrogen-bond acceptors (Lipinski definition) is 3. The second-order valence-corrected chi connectivity index (χ2v) is 5.05. The Labute approximate surface area is 113 Å². The predicted octanol–water partition coefficient (Wildman–Crippen LogP) is 4.03. The molecule has 3 aromatic rings. The van der Waals surface area contributed by atoms with Crippen LogP contribution < -0.4 is 5.73 Å². The van der Waals surface area contributed by atoms with Crippen LogP contribution in [-0.4, -0.2) is 0 Å². The Morgan fingerprint density at radius 1 is 1.22 bits per heavy atom. The van der Waals surface area contributed by atoms with Crippen molar-refractivity contribution in [1.82, 2.24) is 0 Å². The number of fused-ring (bicyclic) bond motifs is 1. The number of benzene rings is 1. The molecule has 0 spiro atoms. The van der Waals surface area contributed by atoms with E-state index in [4.69, 9.17) is 14.6 Å². The maximum atomic E-state index is 6.13. The minimum Gasteiger partial charge on any atom is -0.469 e. The van der Waals surface area contributed by atoms with Crippen LogP contribution in [0.4, 0.5) is 0 Å². The average molecular weight is 306 g/mol. The second kappa shape index (κ2) is 4.63. The molecule has 0 amide bonds. The summed E-state index contributed by atoms with van der Waals surface area (Å²) in [5.41, 5.74) is 6.97. The molecule has 0 saturated carbocycles. The lowest BCUT2D eigenvalue weighted by Crippen LogP contribution is -2.11. The van der Waals surface area contributed by atoms with E-state index in [1.165, 1.54) is 0 Å². The highest BCUT2D eigenvalue weighted by Crippen LogP contribution is 2.30. The van der Waals surface area contributed by atoms with E-state index in [1.54, 1.807) is 6.26 Å². The van der Waals surface area contributed by atoms with Crippen LogP contribution in [0.15, 0.2) is 56.0 Å². The van der Waals surface area contributed by atoms with Crippen molar-refractivity contribution in [2.45, 2.75) is 12.5 Å². The zero-order chi connectivity index (χ0) is 12.5. The molecule has 0 radical (unpaired) electrons. The van der Waals surface area contributed by atoms with E-state index < -0.39 is 0 Å². The Kier molecular flexibility index (Phi) is 2.97. The molecule has 1 aromatic carbocycles. The molecule has 92 valence electrons. The monoisotopic (exact) mass is 305 g/mol. The Morgan fingerprint density at radius 2 is 2.11 bits per heavy atom. The van der Waals surface area contributed by atoms with Crippen molar-refractivity contribution in [1.29, 1.82) is 0 Å². The molecule has 0 aliphatic carbocycles. The van der Waals surface area contributed by atoms with Gasteiger partial charge >= 0.3 is 0 Å². The van der Waals surface area contributed by atoms with Crippen LogP contribution in [0.25, 0.3) is 11.0 Å². The average Bonchev–Trinajstić information content (AvgIpc) is 2.97. The fourth-order valence-corrected chi connectivity index (χ4v) is 2.44. The summed E-state index contributed by atoms with van der Waals surface area (Å²) in [5.74, 6) is 1.63. The molecule has 18 heavy (non-hydrogen) atoms. The second-order valence-electron chi connectivity index (χ2n) is 4.20. The Morgan fingerprint density at radius 3 is 2.83 bits per heavy atom. The van der Waals surface area contributed by atoms with Crippen molar-refractivity contribution >= 4 is 26.9 Å². The third-order valence-corrected chi connectivity index (χ3v) is 3.51. The van der Waals surface area contributed by atoms with E-state index in [9.17, 15) is 0 Å². The van der Waals surface area contributed by atoms with E-state index in [1.807, 2.05) is 36.4 Å². The lowest BCUT2D eigenvalue weighted by Gasteiger charge is -2.05. The normalized spacial score (nSPS) is 13.0. The molecule has 0 aliphatic heterocycles. The van der Waals surface area contributed by atoms with Crippen molar-refractivity contribution in [2.75, 3.05) is 0 Å². The molecule has 1 atom stereocenters. The zero-order valence-electron chi connectivity index (χ0n) is 9.60. The van der Waals surface area contributed by atoms with Gasteiger partial charge in [0.1, 0.15) is 17.1 Å². The number of para-hydroxylation sites is 1. The van der Waals surface area contributed by atoms with Crippen LogP contribution in [-0.2, 0) is 6.42 Å². The van der Waals surface area contributed by atoms with Gasteiger partial charge < -0.3 is 14.6 Å². The van der Waals surface area contributed by atoms with Gasteiger partial charge in [-0.05, 0) is 40.2 Å². The number of rotatable bonds is 3. The number of hydrogen-bond donors (Lipinski definition) is 1. The van der Waals surface area contributed by atoms with Crippen molar-refractivity contribution in [2.24, 2.45) is 5.73 Å². The van der Waals surface area contributed by atoms with Gasteiger partial charge in [0.2, 0.25) is 0 Å². The van der Waals surface area contributed by atoms with Gasteiger partial charge in [-0.1, -0.05) is 12.1 Å². The number of halogens is 1. The molecule has 4 heteroatoms. The lowest BCUT2D eigenvalue weighted by molar-refractivity contribution is 0.446. The Balaban J connectivity index is 1.92. The molecule has 2 aromatic heterocycles.